The average Bonchev–Trinajstić information content (AvgIpc) is 2.88. The minimum Gasteiger partial charge on any atom is -1.00 e. The predicted octanol–water partition coefficient (Wildman–Crippen LogP) is 0.748. The maximum atomic E-state index is 11.8. The summed E-state index contributed by atoms with van der Waals surface area (Å²) in [7, 11) is 1.66. The van der Waals surface area contributed by atoms with E-state index in [1.165, 1.54) is 12.3 Å². The fourth-order valence-corrected chi connectivity index (χ4v) is 4.30. The summed E-state index contributed by atoms with van der Waals surface area (Å²) in [6, 6.07) is 16.0. The van der Waals surface area contributed by atoms with E-state index in [0.29, 0.717) is 13.2 Å². The molecule has 2 aliphatic rings. The molecular formula is C23H29BrN2O3. The van der Waals surface area contributed by atoms with Crippen LogP contribution in [0, 0.1) is 0 Å². The molecule has 0 fully saturated rings. The van der Waals surface area contributed by atoms with E-state index in [9.17, 15) is 5.11 Å². The molecule has 0 aliphatic carbocycles. The van der Waals surface area contributed by atoms with Gasteiger partial charge in [0.15, 0.2) is 6.54 Å². The molecule has 0 spiro atoms. The highest BCUT2D eigenvalue weighted by Crippen LogP contribution is 2.36. The molecule has 29 heavy (non-hydrogen) atoms. The molecule has 0 saturated carbocycles. The summed E-state index contributed by atoms with van der Waals surface area (Å²) in [6.07, 6.45) is 4.42. The Morgan fingerprint density at radius 3 is 2.34 bits per heavy atom. The molecule has 0 aromatic heterocycles. The van der Waals surface area contributed by atoms with Crippen LogP contribution in [0.4, 0.5) is 5.69 Å². The number of ether oxygens (including phenoxy) is 2. The number of methoxy groups -OCH3 is 1. The van der Waals surface area contributed by atoms with E-state index in [-0.39, 0.29) is 17.0 Å². The van der Waals surface area contributed by atoms with E-state index in [2.05, 4.69) is 21.6 Å². The van der Waals surface area contributed by atoms with Gasteiger partial charge in [0.25, 0.3) is 11.6 Å². The van der Waals surface area contributed by atoms with Gasteiger partial charge in [0, 0.05) is 12.0 Å². The Morgan fingerprint density at radius 1 is 1.00 bits per heavy atom. The number of anilines is 1. The summed E-state index contributed by atoms with van der Waals surface area (Å²) < 4.78 is 13.1. The number of β-amino-alcohol motifs (C(OH)–C–C–N with tert-alkyl or cyclic N) is 1. The van der Waals surface area contributed by atoms with Gasteiger partial charge in [-0.05, 0) is 74.7 Å². The van der Waals surface area contributed by atoms with Crippen molar-refractivity contribution in [3.63, 3.8) is 0 Å². The number of nitrogens with zero attached hydrogens (tertiary/aromatic N) is 2. The van der Waals surface area contributed by atoms with Gasteiger partial charge in [-0.15, -0.1) is 0 Å². The van der Waals surface area contributed by atoms with Crippen molar-refractivity contribution in [3.8, 4) is 11.5 Å². The zero-order valence-electron chi connectivity index (χ0n) is 17.1. The Bertz CT molecular complexity index is 851. The quantitative estimate of drug-likeness (QED) is 0.668. The predicted molar refractivity (Wildman–Crippen MR) is 110 cm³/mol. The first-order valence-electron chi connectivity index (χ1n) is 10.2. The van der Waals surface area contributed by atoms with Crippen LogP contribution in [0.3, 0.4) is 0 Å². The normalized spacial score (nSPS) is 21.3. The summed E-state index contributed by atoms with van der Waals surface area (Å²) in [4.78, 5) is 2.27. The lowest BCUT2D eigenvalue weighted by molar-refractivity contribution is -0.658. The molecule has 0 radical (unpaired) electrons. The largest absolute Gasteiger partial charge is 1.00 e. The van der Waals surface area contributed by atoms with E-state index < -0.39 is 5.72 Å². The van der Waals surface area contributed by atoms with Gasteiger partial charge in [-0.2, -0.15) is 0 Å². The molecule has 0 amide bonds. The van der Waals surface area contributed by atoms with Crippen LogP contribution >= 0.6 is 0 Å². The lowest BCUT2D eigenvalue weighted by Gasteiger charge is -2.23. The molecular weight excluding hydrogens is 432 g/mol. The molecule has 1 unspecified atom stereocenters. The van der Waals surface area contributed by atoms with Crippen LogP contribution in [0.2, 0.25) is 0 Å². The van der Waals surface area contributed by atoms with Crippen LogP contribution < -0.4 is 31.4 Å². The fraction of sp³-hybridized carbons (Fsp3) is 0.435. The molecule has 156 valence electrons. The minimum absolute atomic E-state index is 0. The van der Waals surface area contributed by atoms with Gasteiger partial charge in [0.05, 0.1) is 20.3 Å². The molecule has 1 atom stereocenters. The molecule has 5 nitrogen and oxygen atoms in total. The Hall–Kier alpha value is -2.05. The summed E-state index contributed by atoms with van der Waals surface area (Å²) in [5, 5.41) is 11.8. The third-order valence-corrected chi connectivity index (χ3v) is 5.74. The molecule has 1 N–H and O–H groups in total. The third-order valence-electron chi connectivity index (χ3n) is 5.74. The van der Waals surface area contributed by atoms with Crippen molar-refractivity contribution in [2.75, 3.05) is 31.7 Å². The second kappa shape index (κ2) is 9.18. The van der Waals surface area contributed by atoms with Gasteiger partial charge < -0.3 is 31.6 Å². The van der Waals surface area contributed by atoms with Crippen molar-refractivity contribution < 1.29 is 36.1 Å². The van der Waals surface area contributed by atoms with Crippen LogP contribution in [-0.4, -0.2) is 42.3 Å². The highest BCUT2D eigenvalue weighted by molar-refractivity contribution is 5.96. The van der Waals surface area contributed by atoms with Gasteiger partial charge in [-0.25, -0.2) is 9.48 Å². The second-order valence-corrected chi connectivity index (χ2v) is 7.44. The zero-order valence-corrected chi connectivity index (χ0v) is 18.7. The fourth-order valence-electron chi connectivity index (χ4n) is 4.30. The zero-order chi connectivity index (χ0) is 19.6. The number of rotatable bonds is 5. The van der Waals surface area contributed by atoms with Gasteiger partial charge in [-0.1, -0.05) is 0 Å². The van der Waals surface area contributed by atoms with Crippen LogP contribution in [0.25, 0.3) is 0 Å². The smallest absolute Gasteiger partial charge is 0.271 e. The molecule has 4 rings (SSSR count). The Balaban J connectivity index is 0.00000240. The first-order chi connectivity index (χ1) is 13.7. The highest BCUT2D eigenvalue weighted by Gasteiger charge is 2.51. The van der Waals surface area contributed by atoms with Crippen LogP contribution in [-0.2, 0) is 5.72 Å². The lowest BCUT2D eigenvalue weighted by atomic mass is 10.0. The first kappa shape index (κ1) is 21.7. The highest BCUT2D eigenvalue weighted by atomic mass is 79.9. The topological polar surface area (TPSA) is 44.9 Å². The standard InChI is InChI=1S/C23H29N2O3.BrH/c1-3-28-21-14-10-19(11-15-21)24-17-23(26,18-8-12-20(27-2)13-9-18)25-16-6-4-5-7-22(24)25;/h8-15,26H,3-7,16-17H2,1-2H3;1H/q+1;/p-1. The number of hydrogen-bond donors (Lipinski definition) is 1. The molecule has 0 bridgehead atoms. The van der Waals surface area contributed by atoms with Crippen LogP contribution in [0.5, 0.6) is 11.5 Å². The van der Waals surface area contributed by atoms with Gasteiger partial charge in [-0.3, -0.25) is 0 Å². The number of halogens is 1. The van der Waals surface area contributed by atoms with Crippen molar-refractivity contribution >= 4 is 11.5 Å². The van der Waals surface area contributed by atoms with Crippen LogP contribution in [0.1, 0.15) is 38.2 Å². The minimum atomic E-state index is -1.04. The Labute approximate surface area is 183 Å². The van der Waals surface area contributed by atoms with Crippen molar-refractivity contribution in [2.24, 2.45) is 0 Å². The van der Waals surface area contributed by atoms with E-state index in [4.69, 9.17) is 9.47 Å². The number of benzene rings is 2. The SMILES string of the molecule is CCOc1ccc(N2CC(O)(c3ccc(OC)cc3)[N+]3=C2CCCCC3)cc1.[Br-]. The molecule has 2 aliphatic heterocycles. The van der Waals surface area contributed by atoms with E-state index >= 15 is 0 Å². The van der Waals surface area contributed by atoms with E-state index in [0.717, 1.165) is 48.6 Å². The molecule has 2 aromatic rings. The first-order valence-corrected chi connectivity index (χ1v) is 10.2. The van der Waals surface area contributed by atoms with Crippen molar-refractivity contribution in [2.45, 2.75) is 38.3 Å². The number of amidine groups is 1. The van der Waals surface area contributed by atoms with E-state index in [1.54, 1.807) is 7.11 Å². The summed E-state index contributed by atoms with van der Waals surface area (Å²) in [6.45, 7) is 4.03. The van der Waals surface area contributed by atoms with Crippen LogP contribution in [0.15, 0.2) is 48.5 Å². The van der Waals surface area contributed by atoms with E-state index in [1.807, 2.05) is 43.3 Å². The van der Waals surface area contributed by atoms with Gasteiger partial charge >= 0.3 is 0 Å². The third kappa shape index (κ3) is 4.14. The monoisotopic (exact) mass is 460 g/mol. The van der Waals surface area contributed by atoms with Crippen molar-refractivity contribution in [1.29, 1.82) is 0 Å². The number of hydrogen-bond acceptors (Lipinski definition) is 4. The Kier molecular flexibility index (Phi) is 6.85. The summed E-state index contributed by atoms with van der Waals surface area (Å²) in [5.74, 6) is 2.88. The summed E-state index contributed by atoms with van der Waals surface area (Å²) in [5.41, 5.74) is 0.959. The average molecular weight is 461 g/mol. The Morgan fingerprint density at radius 2 is 1.69 bits per heavy atom. The molecule has 6 heteroatoms. The second-order valence-electron chi connectivity index (χ2n) is 7.44. The lowest BCUT2D eigenvalue weighted by Crippen LogP contribution is -3.00. The molecule has 0 saturated heterocycles. The maximum absolute atomic E-state index is 11.8. The number of aliphatic hydroxyl groups is 1. The molecule has 2 heterocycles. The van der Waals surface area contributed by atoms with Crippen molar-refractivity contribution in [3.05, 3.63) is 54.1 Å². The molecule has 2 aromatic carbocycles. The van der Waals surface area contributed by atoms with Gasteiger partial charge in [0.2, 0.25) is 0 Å². The maximum Gasteiger partial charge on any atom is 0.271 e. The van der Waals surface area contributed by atoms with Gasteiger partial charge in [0.1, 0.15) is 17.2 Å². The van der Waals surface area contributed by atoms with Crippen molar-refractivity contribution in [1.82, 2.24) is 0 Å². The summed E-state index contributed by atoms with van der Waals surface area (Å²) >= 11 is 0.